The molecule has 1 aliphatic rings. The SMILES string of the molecule is CC(CC(=O)N(C)C(C)(C)C)C1CCN(Cc2ccccc2)C1. The highest BCUT2D eigenvalue weighted by atomic mass is 16.2. The van der Waals surface area contributed by atoms with Crippen molar-refractivity contribution < 1.29 is 4.79 Å². The maximum atomic E-state index is 12.4. The number of nitrogens with zero attached hydrogens (tertiary/aromatic N) is 2. The van der Waals surface area contributed by atoms with E-state index in [4.69, 9.17) is 0 Å². The second kappa shape index (κ2) is 7.48. The molecule has 1 heterocycles. The summed E-state index contributed by atoms with van der Waals surface area (Å²) in [6.45, 7) is 11.8. The molecule has 1 aliphatic heterocycles. The maximum Gasteiger partial charge on any atom is 0.223 e. The van der Waals surface area contributed by atoms with Crippen molar-refractivity contribution in [3.8, 4) is 0 Å². The topological polar surface area (TPSA) is 23.6 Å². The van der Waals surface area contributed by atoms with Crippen molar-refractivity contribution in [2.45, 2.75) is 52.6 Å². The van der Waals surface area contributed by atoms with E-state index in [0.29, 0.717) is 18.3 Å². The lowest BCUT2D eigenvalue weighted by Crippen LogP contribution is -2.43. The van der Waals surface area contributed by atoms with Crippen LogP contribution in [0, 0.1) is 11.8 Å². The van der Waals surface area contributed by atoms with E-state index in [-0.39, 0.29) is 11.4 Å². The predicted molar refractivity (Wildman–Crippen MR) is 96.1 cm³/mol. The van der Waals surface area contributed by atoms with Crippen LogP contribution in [0.4, 0.5) is 0 Å². The highest BCUT2D eigenvalue weighted by molar-refractivity contribution is 5.76. The third-order valence-electron chi connectivity index (χ3n) is 5.24. The van der Waals surface area contributed by atoms with E-state index in [9.17, 15) is 4.79 Å². The summed E-state index contributed by atoms with van der Waals surface area (Å²) in [5.41, 5.74) is 1.29. The number of amides is 1. The van der Waals surface area contributed by atoms with E-state index >= 15 is 0 Å². The van der Waals surface area contributed by atoms with E-state index in [1.807, 2.05) is 11.9 Å². The number of benzene rings is 1. The van der Waals surface area contributed by atoms with Gasteiger partial charge >= 0.3 is 0 Å². The molecule has 3 heteroatoms. The van der Waals surface area contributed by atoms with Gasteiger partial charge in [0.25, 0.3) is 0 Å². The smallest absolute Gasteiger partial charge is 0.223 e. The van der Waals surface area contributed by atoms with E-state index < -0.39 is 0 Å². The molecule has 1 aromatic carbocycles. The van der Waals surface area contributed by atoms with Crippen LogP contribution >= 0.6 is 0 Å². The first-order valence-corrected chi connectivity index (χ1v) is 8.80. The van der Waals surface area contributed by atoms with Gasteiger partial charge in [0.1, 0.15) is 0 Å². The standard InChI is InChI=1S/C20H32N2O/c1-16(13-19(23)21(5)20(2,3)4)18-11-12-22(15-18)14-17-9-7-6-8-10-17/h6-10,16,18H,11-15H2,1-5H3. The van der Waals surface area contributed by atoms with Crippen LogP contribution in [0.3, 0.4) is 0 Å². The van der Waals surface area contributed by atoms with Gasteiger partial charge in [-0.1, -0.05) is 37.3 Å². The van der Waals surface area contributed by atoms with Crippen LogP contribution in [0.15, 0.2) is 30.3 Å². The molecule has 0 aliphatic carbocycles. The Morgan fingerprint density at radius 1 is 1.30 bits per heavy atom. The van der Waals surface area contributed by atoms with Gasteiger partial charge in [-0.25, -0.2) is 0 Å². The van der Waals surface area contributed by atoms with Gasteiger partial charge < -0.3 is 4.90 Å². The van der Waals surface area contributed by atoms with Crippen LogP contribution in [0.25, 0.3) is 0 Å². The second-order valence-electron chi connectivity index (χ2n) is 8.07. The molecule has 0 radical (unpaired) electrons. The monoisotopic (exact) mass is 316 g/mol. The van der Waals surface area contributed by atoms with Crippen molar-refractivity contribution in [3.05, 3.63) is 35.9 Å². The summed E-state index contributed by atoms with van der Waals surface area (Å²) in [4.78, 5) is 16.9. The fourth-order valence-electron chi connectivity index (χ4n) is 3.27. The molecule has 23 heavy (non-hydrogen) atoms. The highest BCUT2D eigenvalue weighted by Crippen LogP contribution is 2.28. The molecule has 0 saturated carbocycles. The highest BCUT2D eigenvalue weighted by Gasteiger charge is 2.30. The molecular formula is C20H32N2O. The first kappa shape index (κ1) is 18.0. The molecule has 0 spiro atoms. The minimum absolute atomic E-state index is 0.0914. The second-order valence-corrected chi connectivity index (χ2v) is 8.07. The molecule has 1 saturated heterocycles. The maximum absolute atomic E-state index is 12.4. The van der Waals surface area contributed by atoms with Gasteiger partial charge in [-0.15, -0.1) is 0 Å². The van der Waals surface area contributed by atoms with E-state index in [1.54, 1.807) is 0 Å². The number of rotatable bonds is 5. The number of hydrogen-bond acceptors (Lipinski definition) is 2. The fraction of sp³-hybridized carbons (Fsp3) is 0.650. The van der Waals surface area contributed by atoms with Crippen LogP contribution in [0.5, 0.6) is 0 Å². The summed E-state index contributed by atoms with van der Waals surface area (Å²) >= 11 is 0. The van der Waals surface area contributed by atoms with E-state index in [1.165, 1.54) is 12.0 Å². The number of hydrogen-bond donors (Lipinski definition) is 0. The average molecular weight is 316 g/mol. The fourth-order valence-corrected chi connectivity index (χ4v) is 3.27. The van der Waals surface area contributed by atoms with Crippen molar-refractivity contribution in [3.63, 3.8) is 0 Å². The zero-order valence-corrected chi connectivity index (χ0v) is 15.4. The molecule has 0 bridgehead atoms. The van der Waals surface area contributed by atoms with Gasteiger partial charge in [0.2, 0.25) is 5.91 Å². The largest absolute Gasteiger partial charge is 0.341 e. The summed E-state index contributed by atoms with van der Waals surface area (Å²) in [6, 6.07) is 10.7. The van der Waals surface area contributed by atoms with Gasteiger partial charge in [0.05, 0.1) is 0 Å². The van der Waals surface area contributed by atoms with Gasteiger partial charge in [0, 0.05) is 32.1 Å². The van der Waals surface area contributed by atoms with Crippen LogP contribution in [-0.4, -0.2) is 41.4 Å². The molecule has 128 valence electrons. The predicted octanol–water partition coefficient (Wildman–Crippen LogP) is 3.79. The Morgan fingerprint density at radius 2 is 1.96 bits per heavy atom. The zero-order chi connectivity index (χ0) is 17.0. The third kappa shape index (κ3) is 5.07. The van der Waals surface area contributed by atoms with Crippen molar-refractivity contribution in [2.75, 3.05) is 20.1 Å². The Kier molecular flexibility index (Phi) is 5.85. The Bertz CT molecular complexity index is 506. The summed E-state index contributed by atoms with van der Waals surface area (Å²) in [5.74, 6) is 1.36. The summed E-state index contributed by atoms with van der Waals surface area (Å²) in [6.07, 6.45) is 1.87. The number of carbonyl (C=O) groups is 1. The Balaban J connectivity index is 1.83. The minimum Gasteiger partial charge on any atom is -0.341 e. The molecule has 2 unspecified atom stereocenters. The van der Waals surface area contributed by atoms with Crippen LogP contribution < -0.4 is 0 Å². The van der Waals surface area contributed by atoms with Gasteiger partial charge in [-0.3, -0.25) is 9.69 Å². The normalized spacial score (nSPS) is 20.5. The molecule has 0 aromatic heterocycles. The lowest BCUT2D eigenvalue weighted by atomic mass is 9.89. The molecule has 2 atom stereocenters. The Morgan fingerprint density at radius 3 is 2.57 bits per heavy atom. The summed E-state index contributed by atoms with van der Waals surface area (Å²) in [5, 5.41) is 0. The van der Waals surface area contributed by atoms with Crippen molar-refractivity contribution in [1.82, 2.24) is 9.80 Å². The van der Waals surface area contributed by atoms with Crippen molar-refractivity contribution in [2.24, 2.45) is 11.8 Å². The molecule has 1 amide bonds. The number of likely N-dealkylation sites (tertiary alicyclic amines) is 1. The van der Waals surface area contributed by atoms with Crippen molar-refractivity contribution in [1.29, 1.82) is 0 Å². The minimum atomic E-state index is -0.0914. The lowest BCUT2D eigenvalue weighted by molar-refractivity contribution is -0.135. The third-order valence-corrected chi connectivity index (χ3v) is 5.24. The molecule has 0 N–H and O–H groups in total. The van der Waals surface area contributed by atoms with Crippen LogP contribution in [0.2, 0.25) is 0 Å². The molecule has 1 fully saturated rings. The Hall–Kier alpha value is -1.35. The molecule has 2 rings (SSSR count). The van der Waals surface area contributed by atoms with Crippen LogP contribution in [0.1, 0.15) is 46.1 Å². The number of carbonyl (C=O) groups excluding carboxylic acids is 1. The van der Waals surface area contributed by atoms with Crippen molar-refractivity contribution >= 4 is 5.91 Å². The first-order valence-electron chi connectivity index (χ1n) is 8.80. The molecule has 1 aromatic rings. The van der Waals surface area contributed by atoms with E-state index in [0.717, 1.165) is 19.6 Å². The quantitative estimate of drug-likeness (QED) is 0.825. The van der Waals surface area contributed by atoms with Gasteiger partial charge in [0.15, 0.2) is 0 Å². The Labute approximate surface area is 141 Å². The first-order chi connectivity index (χ1) is 10.8. The summed E-state index contributed by atoms with van der Waals surface area (Å²) < 4.78 is 0. The van der Waals surface area contributed by atoms with Gasteiger partial charge in [-0.2, -0.15) is 0 Å². The van der Waals surface area contributed by atoms with Gasteiger partial charge in [-0.05, 0) is 51.1 Å². The lowest BCUT2D eigenvalue weighted by Gasteiger charge is -2.33. The molecular weight excluding hydrogens is 284 g/mol. The van der Waals surface area contributed by atoms with E-state index in [2.05, 4.69) is 62.9 Å². The average Bonchev–Trinajstić information content (AvgIpc) is 2.95. The van der Waals surface area contributed by atoms with Crippen LogP contribution in [-0.2, 0) is 11.3 Å². The molecule has 3 nitrogen and oxygen atoms in total. The zero-order valence-electron chi connectivity index (χ0n) is 15.4. The summed E-state index contributed by atoms with van der Waals surface area (Å²) in [7, 11) is 1.92.